The molecule has 1 aromatic carbocycles. The molecule has 8 heteroatoms. The summed E-state index contributed by atoms with van der Waals surface area (Å²) < 4.78 is 25.4. The fourth-order valence-corrected chi connectivity index (χ4v) is 4.65. The first kappa shape index (κ1) is 19.0. The Morgan fingerprint density at radius 3 is 2.57 bits per heavy atom. The number of aromatic amines is 1. The number of H-pyrrole nitrogens is 1. The molecular weight excluding hydrogens is 398 g/mol. The Balaban J connectivity index is 1.56. The van der Waals surface area contributed by atoms with Crippen LogP contribution in [0.1, 0.15) is 24.8 Å². The SMILES string of the molecule is CS(=O)(=O)NC1CC=C(c2ccc(-c3nc4cc(O)[nH]c4cc3Cl)cc2)CC1. The Morgan fingerprint density at radius 2 is 1.93 bits per heavy atom. The molecule has 1 atom stereocenters. The van der Waals surface area contributed by atoms with E-state index in [2.05, 4.69) is 20.8 Å². The van der Waals surface area contributed by atoms with Gasteiger partial charge in [0.15, 0.2) is 5.88 Å². The largest absolute Gasteiger partial charge is 0.495 e. The van der Waals surface area contributed by atoms with E-state index >= 15 is 0 Å². The van der Waals surface area contributed by atoms with Crippen LogP contribution in [0, 0.1) is 0 Å². The summed E-state index contributed by atoms with van der Waals surface area (Å²) in [6.45, 7) is 0. The number of sulfonamides is 1. The summed E-state index contributed by atoms with van der Waals surface area (Å²) in [6.07, 6.45) is 5.57. The number of nitrogens with zero attached hydrogens (tertiary/aromatic N) is 1. The number of aromatic hydroxyl groups is 1. The van der Waals surface area contributed by atoms with Gasteiger partial charge in [-0.1, -0.05) is 41.9 Å². The zero-order valence-electron chi connectivity index (χ0n) is 15.2. The molecule has 0 fully saturated rings. The molecule has 0 spiro atoms. The number of allylic oxidation sites excluding steroid dienone is 1. The lowest BCUT2D eigenvalue weighted by Gasteiger charge is -2.22. The second-order valence-electron chi connectivity index (χ2n) is 7.07. The van der Waals surface area contributed by atoms with Crippen LogP contribution in [0.15, 0.2) is 42.5 Å². The van der Waals surface area contributed by atoms with Crippen LogP contribution in [0.5, 0.6) is 5.88 Å². The highest BCUT2D eigenvalue weighted by molar-refractivity contribution is 7.88. The van der Waals surface area contributed by atoms with Crippen LogP contribution in [-0.2, 0) is 10.0 Å². The Labute approximate surface area is 168 Å². The highest BCUT2D eigenvalue weighted by Gasteiger charge is 2.18. The summed E-state index contributed by atoms with van der Waals surface area (Å²) in [5.74, 6) is 0.0546. The first-order valence-electron chi connectivity index (χ1n) is 8.94. The van der Waals surface area contributed by atoms with Gasteiger partial charge in [-0.3, -0.25) is 0 Å². The van der Waals surface area contributed by atoms with Gasteiger partial charge in [0.25, 0.3) is 0 Å². The summed E-state index contributed by atoms with van der Waals surface area (Å²) >= 11 is 6.37. The predicted octanol–water partition coefficient (Wildman–Crippen LogP) is 4.07. The van der Waals surface area contributed by atoms with Gasteiger partial charge >= 0.3 is 0 Å². The summed E-state index contributed by atoms with van der Waals surface area (Å²) in [6, 6.07) is 11.3. The molecule has 4 rings (SSSR count). The van der Waals surface area contributed by atoms with E-state index < -0.39 is 10.0 Å². The summed E-state index contributed by atoms with van der Waals surface area (Å²) in [5, 5.41) is 10.1. The summed E-state index contributed by atoms with van der Waals surface area (Å²) in [7, 11) is -3.18. The lowest BCUT2D eigenvalue weighted by molar-refractivity contribution is 0.458. The molecule has 1 aliphatic carbocycles. The zero-order chi connectivity index (χ0) is 19.9. The lowest BCUT2D eigenvalue weighted by Crippen LogP contribution is -2.34. The van der Waals surface area contributed by atoms with E-state index in [1.165, 1.54) is 11.8 Å². The third kappa shape index (κ3) is 4.06. The fraction of sp³-hybridized carbons (Fsp3) is 0.250. The average molecular weight is 418 g/mol. The molecule has 0 saturated carbocycles. The third-order valence-corrected chi connectivity index (χ3v) is 5.91. The van der Waals surface area contributed by atoms with Crippen molar-refractivity contribution >= 4 is 38.2 Å². The predicted molar refractivity (Wildman–Crippen MR) is 112 cm³/mol. The second-order valence-corrected chi connectivity index (χ2v) is 9.26. The maximum absolute atomic E-state index is 11.4. The molecular formula is C20H20ClN3O3S. The van der Waals surface area contributed by atoms with Crippen molar-refractivity contribution in [2.75, 3.05) is 6.26 Å². The van der Waals surface area contributed by atoms with E-state index in [4.69, 9.17) is 11.6 Å². The van der Waals surface area contributed by atoms with Crippen LogP contribution in [-0.4, -0.2) is 35.8 Å². The first-order valence-corrected chi connectivity index (χ1v) is 11.2. The van der Waals surface area contributed by atoms with E-state index in [0.717, 1.165) is 24.0 Å². The quantitative estimate of drug-likeness (QED) is 0.596. The highest BCUT2D eigenvalue weighted by atomic mass is 35.5. The van der Waals surface area contributed by atoms with E-state index in [1.54, 1.807) is 12.1 Å². The smallest absolute Gasteiger partial charge is 0.208 e. The van der Waals surface area contributed by atoms with Gasteiger partial charge in [0.2, 0.25) is 10.0 Å². The molecule has 28 heavy (non-hydrogen) atoms. The zero-order valence-corrected chi connectivity index (χ0v) is 16.8. The van der Waals surface area contributed by atoms with Crippen molar-refractivity contribution in [2.45, 2.75) is 25.3 Å². The first-order chi connectivity index (χ1) is 13.3. The van der Waals surface area contributed by atoms with Gasteiger partial charge in [-0.05, 0) is 36.5 Å². The van der Waals surface area contributed by atoms with Gasteiger partial charge in [-0.15, -0.1) is 0 Å². The topological polar surface area (TPSA) is 95.1 Å². The molecule has 1 aliphatic rings. The van der Waals surface area contributed by atoms with Crippen LogP contribution in [0.4, 0.5) is 0 Å². The highest BCUT2D eigenvalue weighted by Crippen LogP contribution is 2.33. The number of hydrogen-bond acceptors (Lipinski definition) is 4. The number of pyridine rings is 1. The minimum atomic E-state index is -3.18. The van der Waals surface area contributed by atoms with Crippen LogP contribution in [0.3, 0.4) is 0 Å². The van der Waals surface area contributed by atoms with Crippen molar-refractivity contribution < 1.29 is 13.5 Å². The number of fused-ring (bicyclic) bond motifs is 1. The van der Waals surface area contributed by atoms with Gasteiger partial charge in [-0.2, -0.15) is 0 Å². The van der Waals surface area contributed by atoms with E-state index in [0.29, 0.717) is 28.2 Å². The lowest BCUT2D eigenvalue weighted by atomic mass is 9.90. The van der Waals surface area contributed by atoms with E-state index in [-0.39, 0.29) is 11.9 Å². The Bertz CT molecular complexity index is 1170. The van der Waals surface area contributed by atoms with Crippen LogP contribution in [0.25, 0.3) is 27.9 Å². The molecule has 0 amide bonds. The van der Waals surface area contributed by atoms with Crippen molar-refractivity contribution in [3.8, 4) is 17.1 Å². The van der Waals surface area contributed by atoms with Gasteiger partial charge in [0.1, 0.15) is 0 Å². The van der Waals surface area contributed by atoms with Gasteiger partial charge in [0, 0.05) is 17.7 Å². The van der Waals surface area contributed by atoms with Crippen molar-refractivity contribution in [1.82, 2.24) is 14.7 Å². The average Bonchev–Trinajstić information content (AvgIpc) is 2.99. The molecule has 2 aromatic heterocycles. The number of nitrogens with one attached hydrogen (secondary N) is 2. The molecule has 0 aliphatic heterocycles. The Morgan fingerprint density at radius 1 is 1.21 bits per heavy atom. The maximum atomic E-state index is 11.4. The Hall–Kier alpha value is -2.35. The minimum absolute atomic E-state index is 0.0366. The molecule has 1 unspecified atom stereocenters. The van der Waals surface area contributed by atoms with Crippen LogP contribution >= 0.6 is 11.6 Å². The molecule has 3 N–H and O–H groups in total. The molecule has 0 bridgehead atoms. The molecule has 2 heterocycles. The van der Waals surface area contributed by atoms with Crippen molar-refractivity contribution in [3.05, 3.63) is 53.1 Å². The third-order valence-electron chi connectivity index (χ3n) is 4.86. The number of aromatic nitrogens is 2. The number of hydrogen-bond donors (Lipinski definition) is 3. The molecule has 146 valence electrons. The van der Waals surface area contributed by atoms with Crippen LogP contribution in [0.2, 0.25) is 5.02 Å². The summed E-state index contributed by atoms with van der Waals surface area (Å²) in [4.78, 5) is 7.36. The molecule has 6 nitrogen and oxygen atoms in total. The minimum Gasteiger partial charge on any atom is -0.495 e. The fourth-order valence-electron chi connectivity index (χ4n) is 3.57. The second kappa shape index (κ2) is 7.24. The molecule has 0 saturated heterocycles. The molecule has 3 aromatic rings. The number of halogens is 1. The van der Waals surface area contributed by atoms with Crippen molar-refractivity contribution in [1.29, 1.82) is 0 Å². The molecule has 0 radical (unpaired) electrons. The van der Waals surface area contributed by atoms with Gasteiger partial charge < -0.3 is 10.1 Å². The monoisotopic (exact) mass is 417 g/mol. The number of rotatable bonds is 4. The van der Waals surface area contributed by atoms with E-state index in [1.807, 2.05) is 24.3 Å². The normalized spacial score (nSPS) is 17.6. The maximum Gasteiger partial charge on any atom is 0.208 e. The van der Waals surface area contributed by atoms with Crippen LogP contribution < -0.4 is 4.72 Å². The Kier molecular flexibility index (Phi) is 4.91. The standard InChI is InChI=1S/C20H20ClN3O3S/c1-28(26,27)24-15-8-6-13(7-9-15)12-2-4-14(5-3-12)20-16(21)10-17-18(23-20)11-19(25)22-17/h2-6,10-11,15,22,24-25H,7-9H2,1H3. The van der Waals surface area contributed by atoms with Gasteiger partial charge in [-0.25, -0.2) is 18.1 Å². The van der Waals surface area contributed by atoms with E-state index in [9.17, 15) is 13.5 Å². The number of benzene rings is 1. The van der Waals surface area contributed by atoms with Crippen molar-refractivity contribution in [2.24, 2.45) is 0 Å². The summed E-state index contributed by atoms with van der Waals surface area (Å²) in [5.41, 5.74) is 5.22. The van der Waals surface area contributed by atoms with Crippen molar-refractivity contribution in [3.63, 3.8) is 0 Å². The van der Waals surface area contributed by atoms with Gasteiger partial charge in [0.05, 0.1) is 28.0 Å².